The summed E-state index contributed by atoms with van der Waals surface area (Å²) in [6.07, 6.45) is -12.7. The van der Waals surface area contributed by atoms with Crippen LogP contribution in [-0.4, -0.2) is 200 Å². The maximum Gasteiger partial charge on any atom is 0.187 e. The molecule has 8 fully saturated rings. The van der Waals surface area contributed by atoms with E-state index >= 15 is 0 Å². The Morgan fingerprint density at radius 3 is 1.85 bits per heavy atom. The van der Waals surface area contributed by atoms with Crippen LogP contribution in [0.5, 0.6) is 0 Å². The van der Waals surface area contributed by atoms with Crippen LogP contribution in [0, 0.1) is 52.3 Å². The first-order valence-corrected chi connectivity index (χ1v) is 24.2. The summed E-state index contributed by atoms with van der Waals surface area (Å²) in [5.41, 5.74) is 0.150. The molecule has 0 aromatic heterocycles. The number of hydrogen-bond acceptors (Lipinski definition) is 19. The summed E-state index contributed by atoms with van der Waals surface area (Å²) in [5.74, 6) is 1.67. The molecule has 4 heterocycles. The Morgan fingerprint density at radius 1 is 0.631 bits per heavy atom. The first kappa shape index (κ1) is 50.6. The second kappa shape index (κ2) is 19.8. The van der Waals surface area contributed by atoms with Gasteiger partial charge in [0.15, 0.2) is 24.7 Å². The Bertz CT molecular complexity index is 1580. The van der Waals surface area contributed by atoms with Gasteiger partial charge in [-0.05, 0) is 104 Å². The maximum absolute atomic E-state index is 11.2. The molecule has 0 amide bonds. The predicted molar refractivity (Wildman–Crippen MR) is 224 cm³/mol. The minimum atomic E-state index is -1.74. The molecular formula is C46H78O19. The molecule has 27 atom stereocenters. The molecule has 4 saturated heterocycles. The molecule has 65 heavy (non-hydrogen) atoms. The Labute approximate surface area is 381 Å². The van der Waals surface area contributed by atoms with Gasteiger partial charge in [-0.15, -0.1) is 0 Å². The second-order valence-corrected chi connectivity index (χ2v) is 21.6. The molecule has 0 radical (unpaired) electrons. The van der Waals surface area contributed by atoms with E-state index in [0.717, 1.165) is 44.9 Å². The van der Waals surface area contributed by atoms with E-state index in [1.165, 1.54) is 0 Å². The lowest BCUT2D eigenvalue weighted by molar-refractivity contribution is -0.373. The molecule has 0 aromatic carbocycles. The van der Waals surface area contributed by atoms with Crippen LogP contribution in [0.1, 0.15) is 91.9 Å². The van der Waals surface area contributed by atoms with Crippen LogP contribution in [0.2, 0.25) is 0 Å². The van der Waals surface area contributed by atoms with Crippen LogP contribution >= 0.6 is 0 Å². The van der Waals surface area contributed by atoms with Gasteiger partial charge in [0.25, 0.3) is 0 Å². The molecule has 11 N–H and O–H groups in total. The monoisotopic (exact) mass is 935 g/mol. The Balaban J connectivity index is 0.880. The topological polar surface area (TPSA) is 296 Å². The van der Waals surface area contributed by atoms with Crippen LogP contribution in [0.3, 0.4) is 0 Å². The SMILES string of the molecule is CO[C@@]1(CC[C@@H](C)CO[C@H]2O[C@H](CO)[C@@H](O)[C@@H](O)[C@H]2O)O[C@@H]2C[C@H]3[C@@H]4CC[C@H]5C[C@H](O[C@H]6O[C@H](CO)[C@@H](O)[C@@H](O)[C@H]6O[C@H]6O[C@H](CO)[C@@H](O)[C@@H](O)[C@H]6O)CC[C@]5(C)[C@H]4CC[C@@]3(C)[C@H]2[C@H]1C. The van der Waals surface area contributed by atoms with Crippen molar-refractivity contribution < 1.29 is 94.1 Å². The van der Waals surface area contributed by atoms with Gasteiger partial charge in [0, 0.05) is 19.4 Å². The Morgan fingerprint density at radius 2 is 1.22 bits per heavy atom. The molecule has 0 spiro atoms. The fraction of sp³-hybridized carbons (Fsp3) is 1.00. The summed E-state index contributed by atoms with van der Waals surface area (Å²) in [4.78, 5) is 0. The van der Waals surface area contributed by atoms with Gasteiger partial charge in [-0.2, -0.15) is 0 Å². The van der Waals surface area contributed by atoms with E-state index in [4.69, 9.17) is 37.9 Å². The highest BCUT2D eigenvalue weighted by Gasteiger charge is 2.69. The van der Waals surface area contributed by atoms with Gasteiger partial charge >= 0.3 is 0 Å². The molecule has 376 valence electrons. The average molecular weight is 935 g/mol. The molecule has 8 aliphatic rings. The largest absolute Gasteiger partial charge is 0.394 e. The third-order valence-electron chi connectivity index (χ3n) is 18.3. The van der Waals surface area contributed by atoms with Gasteiger partial charge in [-0.3, -0.25) is 0 Å². The number of aliphatic hydroxyl groups is 11. The summed E-state index contributed by atoms with van der Waals surface area (Å²) in [6.45, 7) is 7.69. The van der Waals surface area contributed by atoms with Gasteiger partial charge in [0.05, 0.1) is 38.6 Å². The summed E-state index contributed by atoms with van der Waals surface area (Å²) in [5, 5.41) is 113. The summed E-state index contributed by atoms with van der Waals surface area (Å²) in [6, 6.07) is 0. The molecule has 0 unspecified atom stereocenters. The standard InChI is InChI=1S/C46H78O19/c1-20(19-59-41-38(56)35(53)32(50)28(16-47)61-41)8-13-46(58-5)21(2)31-27(65-46)15-26-24-7-6-22-14-23(9-11-44(22,3)25(24)10-12-45(26,31)4)60-43-40(37(55)34(52)30(18-49)63-43)64-42-39(57)36(54)33(51)29(17-48)62-42/h20-43,47-57H,6-19H2,1-5H3/t20-,21-,22+,23-,24-,25+,26+,27-,28-,29-,30-,31+,32-,33-,34-,35-,36-,37-,38-,39-,40-,41+,42-,43+,44+,45-,46+/m1/s1. The molecule has 19 nitrogen and oxygen atoms in total. The van der Waals surface area contributed by atoms with Crippen LogP contribution in [0.4, 0.5) is 0 Å². The third kappa shape index (κ3) is 8.90. The fourth-order valence-corrected chi connectivity index (χ4v) is 14.5. The number of rotatable bonds is 14. The van der Waals surface area contributed by atoms with Crippen molar-refractivity contribution in [3.63, 3.8) is 0 Å². The van der Waals surface area contributed by atoms with Gasteiger partial charge in [0.1, 0.15) is 73.2 Å². The maximum atomic E-state index is 11.2. The van der Waals surface area contributed by atoms with Gasteiger partial charge < -0.3 is 94.1 Å². The smallest absolute Gasteiger partial charge is 0.187 e. The van der Waals surface area contributed by atoms with Crippen LogP contribution < -0.4 is 0 Å². The van der Waals surface area contributed by atoms with E-state index in [1.54, 1.807) is 7.11 Å². The van der Waals surface area contributed by atoms with Crippen molar-refractivity contribution in [3.05, 3.63) is 0 Å². The zero-order chi connectivity index (χ0) is 46.9. The highest BCUT2D eigenvalue weighted by Crippen LogP contribution is 2.71. The van der Waals surface area contributed by atoms with E-state index in [9.17, 15) is 56.2 Å². The fourth-order valence-electron chi connectivity index (χ4n) is 14.5. The zero-order valence-corrected chi connectivity index (χ0v) is 38.4. The Hall–Kier alpha value is -0.760. The highest BCUT2D eigenvalue weighted by molar-refractivity contribution is 5.15. The number of fused-ring (bicyclic) bond motifs is 7. The lowest BCUT2D eigenvalue weighted by Gasteiger charge is -2.61. The third-order valence-corrected chi connectivity index (χ3v) is 18.3. The minimum absolute atomic E-state index is 0.0271. The second-order valence-electron chi connectivity index (χ2n) is 21.6. The molecule has 0 bridgehead atoms. The lowest BCUT2D eigenvalue weighted by Crippen LogP contribution is -2.65. The van der Waals surface area contributed by atoms with Crippen molar-refractivity contribution >= 4 is 0 Å². The van der Waals surface area contributed by atoms with Crippen molar-refractivity contribution in [3.8, 4) is 0 Å². The van der Waals surface area contributed by atoms with E-state index in [1.807, 2.05) is 6.92 Å². The van der Waals surface area contributed by atoms with Gasteiger partial charge in [-0.1, -0.05) is 27.7 Å². The average Bonchev–Trinajstić information content (AvgIpc) is 3.76. The van der Waals surface area contributed by atoms with Gasteiger partial charge in [-0.25, -0.2) is 0 Å². The number of ether oxygens (including phenoxy) is 8. The van der Waals surface area contributed by atoms with Crippen molar-refractivity contribution in [2.24, 2.45) is 52.3 Å². The molecule has 8 rings (SSSR count). The summed E-state index contributed by atoms with van der Waals surface area (Å²) in [7, 11) is 1.73. The highest BCUT2D eigenvalue weighted by atomic mass is 16.8. The van der Waals surface area contributed by atoms with Crippen LogP contribution in [-0.2, 0) is 37.9 Å². The molecular weight excluding hydrogens is 856 g/mol. The lowest BCUT2D eigenvalue weighted by atomic mass is 9.44. The van der Waals surface area contributed by atoms with E-state index < -0.39 is 118 Å². The van der Waals surface area contributed by atoms with E-state index in [0.29, 0.717) is 48.9 Å². The molecule has 19 heteroatoms. The van der Waals surface area contributed by atoms with Crippen LogP contribution in [0.15, 0.2) is 0 Å². The predicted octanol–water partition coefficient (Wildman–Crippen LogP) is -1.13. The quantitative estimate of drug-likeness (QED) is 0.0920. The first-order chi connectivity index (χ1) is 30.9. The summed E-state index contributed by atoms with van der Waals surface area (Å²) < 4.78 is 48.8. The normalized spacial score (nSPS) is 54.9. The minimum Gasteiger partial charge on any atom is -0.394 e. The number of hydrogen-bond donors (Lipinski definition) is 11. The van der Waals surface area contributed by atoms with Gasteiger partial charge in [0.2, 0.25) is 0 Å². The Kier molecular flexibility index (Phi) is 15.4. The number of methoxy groups -OCH3 is 1. The van der Waals surface area contributed by atoms with E-state index in [-0.39, 0.29) is 41.5 Å². The number of aliphatic hydroxyl groups excluding tert-OH is 11. The first-order valence-electron chi connectivity index (χ1n) is 24.2. The van der Waals surface area contributed by atoms with Crippen molar-refractivity contribution in [2.45, 2.75) is 202 Å². The van der Waals surface area contributed by atoms with Crippen molar-refractivity contribution in [1.29, 1.82) is 0 Å². The zero-order valence-electron chi connectivity index (χ0n) is 38.4. The van der Waals surface area contributed by atoms with Crippen molar-refractivity contribution in [1.82, 2.24) is 0 Å². The van der Waals surface area contributed by atoms with E-state index in [2.05, 4.69) is 20.8 Å². The summed E-state index contributed by atoms with van der Waals surface area (Å²) >= 11 is 0. The molecule has 4 aliphatic heterocycles. The molecule has 0 aromatic rings. The van der Waals surface area contributed by atoms with Crippen LogP contribution in [0.25, 0.3) is 0 Å². The molecule has 4 saturated carbocycles. The molecule has 4 aliphatic carbocycles. The van der Waals surface area contributed by atoms with Crippen molar-refractivity contribution in [2.75, 3.05) is 33.5 Å².